The fraction of sp³-hybridized carbons (Fsp3) is 0.375. The van der Waals surface area contributed by atoms with E-state index in [0.29, 0.717) is 24.6 Å². The van der Waals surface area contributed by atoms with Gasteiger partial charge in [-0.05, 0) is 44.0 Å². The molecule has 2 heterocycles. The Balaban J connectivity index is 1.30. The number of anilines is 1. The van der Waals surface area contributed by atoms with Gasteiger partial charge in [0.1, 0.15) is 0 Å². The molecule has 0 N–H and O–H groups in total. The number of carbonyl (C=O) groups excluding carboxylic acids is 1. The van der Waals surface area contributed by atoms with Gasteiger partial charge in [-0.2, -0.15) is 4.98 Å². The molecule has 0 spiro atoms. The number of carbonyl (C=O) groups is 1. The fourth-order valence-corrected chi connectivity index (χ4v) is 3.90. The molecule has 6 heteroatoms. The maximum Gasteiger partial charge on any atom is 0.227 e. The van der Waals surface area contributed by atoms with Crippen molar-refractivity contribution in [2.75, 3.05) is 31.1 Å². The van der Waals surface area contributed by atoms with Crippen molar-refractivity contribution >= 4 is 11.6 Å². The van der Waals surface area contributed by atoms with E-state index in [-0.39, 0.29) is 5.91 Å². The molecule has 0 aliphatic carbocycles. The highest BCUT2D eigenvalue weighted by Crippen LogP contribution is 2.24. The molecule has 0 atom stereocenters. The minimum absolute atomic E-state index is 0.144. The lowest BCUT2D eigenvalue weighted by molar-refractivity contribution is -0.131. The molecule has 1 aliphatic rings. The van der Waals surface area contributed by atoms with E-state index in [0.717, 1.165) is 37.3 Å². The summed E-state index contributed by atoms with van der Waals surface area (Å²) < 4.78 is 5.36. The van der Waals surface area contributed by atoms with E-state index in [1.807, 2.05) is 36.1 Å². The molecule has 0 bridgehead atoms. The van der Waals surface area contributed by atoms with Crippen molar-refractivity contribution in [3.63, 3.8) is 0 Å². The highest BCUT2D eigenvalue weighted by molar-refractivity contribution is 5.76. The van der Waals surface area contributed by atoms with Gasteiger partial charge >= 0.3 is 0 Å². The van der Waals surface area contributed by atoms with E-state index in [9.17, 15) is 4.79 Å². The van der Waals surface area contributed by atoms with Crippen LogP contribution in [0, 0.1) is 20.8 Å². The highest BCUT2D eigenvalue weighted by atomic mass is 16.5. The van der Waals surface area contributed by atoms with Crippen molar-refractivity contribution in [1.82, 2.24) is 15.0 Å². The fourth-order valence-electron chi connectivity index (χ4n) is 3.90. The number of benzene rings is 2. The number of piperazine rings is 1. The van der Waals surface area contributed by atoms with Crippen LogP contribution in [0.3, 0.4) is 0 Å². The van der Waals surface area contributed by atoms with E-state index in [2.05, 4.69) is 47.1 Å². The summed E-state index contributed by atoms with van der Waals surface area (Å²) in [5.41, 5.74) is 5.97. The smallest absolute Gasteiger partial charge is 0.227 e. The number of nitrogens with zero attached hydrogens (tertiary/aromatic N) is 4. The number of hydrogen-bond donors (Lipinski definition) is 0. The summed E-state index contributed by atoms with van der Waals surface area (Å²) in [6, 6.07) is 14.4. The first-order chi connectivity index (χ1) is 14.5. The van der Waals surface area contributed by atoms with Crippen LogP contribution in [0.1, 0.15) is 29.0 Å². The topological polar surface area (TPSA) is 62.5 Å². The lowest BCUT2D eigenvalue weighted by Gasteiger charge is -2.37. The summed E-state index contributed by atoms with van der Waals surface area (Å²) in [5.74, 6) is 1.23. The summed E-state index contributed by atoms with van der Waals surface area (Å²) in [5, 5.41) is 4.06. The van der Waals surface area contributed by atoms with Gasteiger partial charge in [-0.25, -0.2) is 0 Å². The van der Waals surface area contributed by atoms with E-state index >= 15 is 0 Å². The largest absolute Gasteiger partial charge is 0.368 e. The third-order valence-corrected chi connectivity index (χ3v) is 5.85. The zero-order chi connectivity index (χ0) is 21.1. The molecule has 1 aromatic heterocycles. The lowest BCUT2D eigenvalue weighted by atomic mass is 10.1. The third kappa shape index (κ3) is 4.37. The molecular formula is C24H28N4O2. The molecule has 0 saturated carbocycles. The summed E-state index contributed by atoms with van der Waals surface area (Å²) >= 11 is 0. The number of aromatic nitrogens is 2. The van der Waals surface area contributed by atoms with Gasteiger partial charge in [-0.3, -0.25) is 4.79 Å². The van der Waals surface area contributed by atoms with Gasteiger partial charge in [-0.1, -0.05) is 41.1 Å². The van der Waals surface area contributed by atoms with E-state index < -0.39 is 0 Å². The quantitative estimate of drug-likeness (QED) is 0.644. The molecule has 1 fully saturated rings. The van der Waals surface area contributed by atoms with Gasteiger partial charge < -0.3 is 14.3 Å². The van der Waals surface area contributed by atoms with Crippen LogP contribution in [0.4, 0.5) is 5.69 Å². The van der Waals surface area contributed by atoms with E-state index in [1.165, 1.54) is 16.8 Å². The Bertz CT molecular complexity index is 1040. The molecule has 0 radical (unpaired) electrons. The highest BCUT2D eigenvalue weighted by Gasteiger charge is 2.22. The molecule has 1 aliphatic heterocycles. The van der Waals surface area contributed by atoms with Gasteiger partial charge in [0.05, 0.1) is 0 Å². The zero-order valence-corrected chi connectivity index (χ0v) is 17.9. The number of rotatable bonds is 5. The minimum atomic E-state index is 0.144. The second kappa shape index (κ2) is 8.69. The predicted octanol–water partition coefficient (Wildman–Crippen LogP) is 3.94. The zero-order valence-electron chi connectivity index (χ0n) is 17.9. The molecule has 30 heavy (non-hydrogen) atoms. The van der Waals surface area contributed by atoms with Crippen LogP contribution in [-0.2, 0) is 11.2 Å². The first-order valence-corrected chi connectivity index (χ1v) is 10.5. The average Bonchev–Trinajstić information content (AvgIpc) is 3.23. The molecule has 1 saturated heterocycles. The Kier molecular flexibility index (Phi) is 5.84. The summed E-state index contributed by atoms with van der Waals surface area (Å²) in [6.07, 6.45) is 0.855. The van der Waals surface area contributed by atoms with Crippen molar-refractivity contribution < 1.29 is 9.32 Å². The van der Waals surface area contributed by atoms with Crippen LogP contribution < -0.4 is 4.90 Å². The summed E-state index contributed by atoms with van der Waals surface area (Å²) in [7, 11) is 0. The average molecular weight is 405 g/mol. The van der Waals surface area contributed by atoms with Crippen LogP contribution in [0.15, 0.2) is 47.0 Å². The number of hydrogen-bond acceptors (Lipinski definition) is 5. The Labute approximate surface area is 177 Å². The van der Waals surface area contributed by atoms with Gasteiger partial charge in [0, 0.05) is 50.3 Å². The molecule has 3 aromatic rings. The van der Waals surface area contributed by atoms with E-state index in [1.54, 1.807) is 0 Å². The number of aryl methyl sites for hydroxylation is 3. The Morgan fingerprint density at radius 1 is 1.03 bits per heavy atom. The van der Waals surface area contributed by atoms with Crippen LogP contribution in [0.5, 0.6) is 0 Å². The number of amides is 1. The van der Waals surface area contributed by atoms with Gasteiger partial charge in [0.25, 0.3) is 0 Å². The summed E-state index contributed by atoms with van der Waals surface area (Å²) in [6.45, 7) is 9.53. The third-order valence-electron chi connectivity index (χ3n) is 5.85. The molecule has 4 rings (SSSR count). The van der Waals surface area contributed by atoms with Crippen LogP contribution >= 0.6 is 0 Å². The molecule has 2 aromatic carbocycles. The van der Waals surface area contributed by atoms with Gasteiger partial charge in [0.15, 0.2) is 0 Å². The summed E-state index contributed by atoms with van der Waals surface area (Å²) in [4.78, 5) is 21.4. The molecule has 1 amide bonds. The monoisotopic (exact) mass is 404 g/mol. The first kappa shape index (κ1) is 20.1. The lowest BCUT2D eigenvalue weighted by Crippen LogP contribution is -2.49. The first-order valence-electron chi connectivity index (χ1n) is 10.5. The van der Waals surface area contributed by atoms with Crippen molar-refractivity contribution in [3.05, 3.63) is 65.0 Å². The van der Waals surface area contributed by atoms with Crippen molar-refractivity contribution in [1.29, 1.82) is 0 Å². The van der Waals surface area contributed by atoms with Crippen molar-refractivity contribution in [3.8, 4) is 11.4 Å². The Morgan fingerprint density at radius 2 is 1.80 bits per heavy atom. The second-order valence-corrected chi connectivity index (χ2v) is 7.97. The van der Waals surface area contributed by atoms with E-state index in [4.69, 9.17) is 4.52 Å². The second-order valence-electron chi connectivity index (χ2n) is 7.97. The maximum atomic E-state index is 12.7. The SMILES string of the molecule is Cc1cccc(-c2noc(CCC(=O)N3CCN(c4cccc(C)c4C)CC3)n2)c1. The van der Waals surface area contributed by atoms with Crippen molar-refractivity contribution in [2.24, 2.45) is 0 Å². The molecule has 156 valence electrons. The van der Waals surface area contributed by atoms with Crippen molar-refractivity contribution in [2.45, 2.75) is 33.6 Å². The Morgan fingerprint density at radius 3 is 2.57 bits per heavy atom. The minimum Gasteiger partial charge on any atom is -0.368 e. The molecule has 0 unspecified atom stereocenters. The van der Waals surface area contributed by atoms with Gasteiger partial charge in [0.2, 0.25) is 17.6 Å². The maximum absolute atomic E-state index is 12.7. The van der Waals surface area contributed by atoms with Crippen LogP contribution in [-0.4, -0.2) is 47.1 Å². The normalized spacial score (nSPS) is 14.2. The van der Waals surface area contributed by atoms with Crippen LogP contribution in [0.2, 0.25) is 0 Å². The van der Waals surface area contributed by atoms with Crippen LogP contribution in [0.25, 0.3) is 11.4 Å². The standard InChI is InChI=1S/C24H28N4O2/c1-17-6-4-8-20(16-17)24-25-22(30-26-24)10-11-23(29)28-14-12-27(13-15-28)21-9-5-7-18(2)19(21)3/h4-9,16H,10-15H2,1-3H3. The Hall–Kier alpha value is -3.15. The molecule has 6 nitrogen and oxygen atoms in total. The predicted molar refractivity (Wildman–Crippen MR) is 118 cm³/mol. The molecular weight excluding hydrogens is 376 g/mol. The van der Waals surface area contributed by atoms with Gasteiger partial charge in [-0.15, -0.1) is 0 Å².